The summed E-state index contributed by atoms with van der Waals surface area (Å²) in [5.41, 5.74) is 6.88. The van der Waals surface area contributed by atoms with E-state index in [9.17, 15) is 4.39 Å². The van der Waals surface area contributed by atoms with Crippen molar-refractivity contribution in [2.45, 2.75) is 31.8 Å². The zero-order chi connectivity index (χ0) is 12.3. The van der Waals surface area contributed by atoms with Crippen molar-refractivity contribution in [1.29, 1.82) is 0 Å². The van der Waals surface area contributed by atoms with Gasteiger partial charge in [-0.3, -0.25) is 4.84 Å². The van der Waals surface area contributed by atoms with E-state index in [0.29, 0.717) is 0 Å². The molecule has 1 heterocycles. The summed E-state index contributed by atoms with van der Waals surface area (Å²) in [7, 11) is 0. The minimum absolute atomic E-state index is 0.0778. The molecule has 4 heteroatoms. The second-order valence-corrected chi connectivity index (χ2v) is 4.54. The molecule has 1 aromatic carbocycles. The minimum Gasteiger partial charge on any atom is -0.326 e. The Hall–Kier alpha value is -0.970. The summed E-state index contributed by atoms with van der Waals surface area (Å²) in [6.45, 7) is 3.49. The third kappa shape index (κ3) is 3.03. The summed E-state index contributed by atoms with van der Waals surface area (Å²) in [4.78, 5) is 5.63. The predicted molar refractivity (Wildman–Crippen MR) is 64.7 cm³/mol. The lowest BCUT2D eigenvalue weighted by molar-refractivity contribution is -0.211. The van der Waals surface area contributed by atoms with Crippen LogP contribution in [0.25, 0.3) is 0 Å². The minimum atomic E-state index is -0.231. The third-order valence-corrected chi connectivity index (χ3v) is 3.03. The molecule has 0 aromatic heterocycles. The van der Waals surface area contributed by atoms with Crippen molar-refractivity contribution in [2.75, 3.05) is 13.2 Å². The summed E-state index contributed by atoms with van der Waals surface area (Å²) in [6, 6.07) is 6.41. The first-order valence-corrected chi connectivity index (χ1v) is 6.09. The van der Waals surface area contributed by atoms with Crippen molar-refractivity contribution < 1.29 is 9.23 Å². The number of benzene rings is 1. The number of hydroxylamine groups is 2. The van der Waals surface area contributed by atoms with Crippen LogP contribution in [0.2, 0.25) is 0 Å². The van der Waals surface area contributed by atoms with E-state index in [2.05, 4.69) is 0 Å². The van der Waals surface area contributed by atoms with Crippen LogP contribution in [-0.2, 0) is 4.84 Å². The van der Waals surface area contributed by atoms with Crippen molar-refractivity contribution in [2.24, 2.45) is 5.73 Å². The van der Waals surface area contributed by atoms with Gasteiger partial charge in [-0.15, -0.1) is 0 Å². The number of halogens is 1. The lowest BCUT2D eigenvalue weighted by Crippen LogP contribution is -2.42. The van der Waals surface area contributed by atoms with Crippen molar-refractivity contribution in [3.05, 3.63) is 35.6 Å². The highest BCUT2D eigenvalue weighted by Crippen LogP contribution is 2.26. The van der Waals surface area contributed by atoms with Gasteiger partial charge in [-0.2, -0.15) is 5.06 Å². The molecule has 1 aliphatic heterocycles. The maximum Gasteiger partial charge on any atom is 0.123 e. The SMILES string of the molecule is CC(N)C(c1cccc(F)c1)N1CCCCO1. The van der Waals surface area contributed by atoms with Crippen LogP contribution in [0.15, 0.2) is 24.3 Å². The largest absolute Gasteiger partial charge is 0.326 e. The summed E-state index contributed by atoms with van der Waals surface area (Å²) < 4.78 is 13.3. The van der Waals surface area contributed by atoms with Crippen molar-refractivity contribution >= 4 is 0 Å². The Labute approximate surface area is 101 Å². The summed E-state index contributed by atoms with van der Waals surface area (Å²) in [6.07, 6.45) is 2.17. The van der Waals surface area contributed by atoms with Crippen molar-refractivity contribution in [3.8, 4) is 0 Å². The highest BCUT2D eigenvalue weighted by molar-refractivity contribution is 5.21. The molecule has 2 rings (SSSR count). The molecule has 94 valence electrons. The number of rotatable bonds is 3. The molecule has 3 nitrogen and oxygen atoms in total. The van der Waals surface area contributed by atoms with Crippen LogP contribution in [-0.4, -0.2) is 24.3 Å². The normalized spacial score (nSPS) is 21.1. The fourth-order valence-corrected chi connectivity index (χ4v) is 2.26. The van der Waals surface area contributed by atoms with E-state index in [4.69, 9.17) is 10.6 Å². The lowest BCUT2D eigenvalue weighted by atomic mass is 10.00. The fourth-order valence-electron chi connectivity index (χ4n) is 2.26. The average molecular weight is 238 g/mol. The van der Waals surface area contributed by atoms with E-state index in [1.807, 2.05) is 18.1 Å². The maximum absolute atomic E-state index is 13.3. The Morgan fingerprint density at radius 2 is 2.24 bits per heavy atom. The fraction of sp³-hybridized carbons (Fsp3) is 0.538. The zero-order valence-electron chi connectivity index (χ0n) is 10.1. The van der Waals surface area contributed by atoms with E-state index in [1.54, 1.807) is 6.07 Å². The van der Waals surface area contributed by atoms with Crippen LogP contribution in [0.1, 0.15) is 31.4 Å². The van der Waals surface area contributed by atoms with Gasteiger partial charge in [0.05, 0.1) is 12.6 Å². The van der Waals surface area contributed by atoms with Crippen molar-refractivity contribution in [1.82, 2.24) is 5.06 Å². The molecule has 1 saturated heterocycles. The van der Waals surface area contributed by atoms with Gasteiger partial charge in [0.1, 0.15) is 5.82 Å². The second-order valence-electron chi connectivity index (χ2n) is 4.54. The molecule has 0 bridgehead atoms. The molecule has 0 aliphatic carbocycles. The summed E-state index contributed by atoms with van der Waals surface area (Å²) >= 11 is 0. The Morgan fingerprint density at radius 1 is 1.41 bits per heavy atom. The van der Waals surface area contributed by atoms with E-state index in [1.165, 1.54) is 12.1 Å². The molecule has 1 aliphatic rings. The topological polar surface area (TPSA) is 38.5 Å². The zero-order valence-corrected chi connectivity index (χ0v) is 10.1. The average Bonchev–Trinajstić information content (AvgIpc) is 2.30. The van der Waals surface area contributed by atoms with Crippen molar-refractivity contribution in [3.63, 3.8) is 0 Å². The van der Waals surface area contributed by atoms with Gasteiger partial charge in [0.25, 0.3) is 0 Å². The highest BCUT2D eigenvalue weighted by Gasteiger charge is 2.26. The van der Waals surface area contributed by atoms with Gasteiger partial charge in [0, 0.05) is 12.6 Å². The maximum atomic E-state index is 13.3. The van der Waals surface area contributed by atoms with E-state index < -0.39 is 0 Å². The molecule has 2 N–H and O–H groups in total. The van der Waals surface area contributed by atoms with Gasteiger partial charge in [0.2, 0.25) is 0 Å². The number of hydrogen-bond acceptors (Lipinski definition) is 3. The molecule has 2 atom stereocenters. The molecule has 0 amide bonds. The third-order valence-electron chi connectivity index (χ3n) is 3.03. The summed E-state index contributed by atoms with van der Waals surface area (Å²) in [5.74, 6) is -0.231. The first-order chi connectivity index (χ1) is 8.18. The van der Waals surface area contributed by atoms with E-state index in [-0.39, 0.29) is 17.9 Å². The van der Waals surface area contributed by atoms with Crippen LogP contribution in [0.5, 0.6) is 0 Å². The first kappa shape index (κ1) is 12.5. The monoisotopic (exact) mass is 238 g/mol. The Kier molecular flexibility index (Phi) is 4.10. The Bertz CT molecular complexity index is 364. The van der Waals surface area contributed by atoms with E-state index >= 15 is 0 Å². The first-order valence-electron chi connectivity index (χ1n) is 6.09. The molecule has 1 aromatic rings. The van der Waals surface area contributed by atoms with E-state index in [0.717, 1.165) is 31.6 Å². The quantitative estimate of drug-likeness (QED) is 0.877. The predicted octanol–water partition coefficient (Wildman–Crippen LogP) is 2.24. The molecular formula is C13H19FN2O. The molecule has 2 unspecified atom stereocenters. The second kappa shape index (κ2) is 5.58. The molecule has 0 saturated carbocycles. The van der Waals surface area contributed by atoms with Crippen LogP contribution < -0.4 is 5.73 Å². The molecule has 17 heavy (non-hydrogen) atoms. The lowest BCUT2D eigenvalue weighted by Gasteiger charge is -2.36. The van der Waals surface area contributed by atoms with Crippen LogP contribution in [0.3, 0.4) is 0 Å². The van der Waals surface area contributed by atoms with Crippen LogP contribution >= 0.6 is 0 Å². The van der Waals surface area contributed by atoms with Gasteiger partial charge < -0.3 is 5.73 Å². The number of nitrogens with zero attached hydrogens (tertiary/aromatic N) is 1. The van der Waals surface area contributed by atoms with Gasteiger partial charge >= 0.3 is 0 Å². The molecule has 0 spiro atoms. The van der Waals surface area contributed by atoms with Crippen LogP contribution in [0.4, 0.5) is 4.39 Å². The molecular weight excluding hydrogens is 219 g/mol. The Morgan fingerprint density at radius 3 is 2.82 bits per heavy atom. The number of hydrogen-bond donors (Lipinski definition) is 1. The summed E-state index contributed by atoms with van der Waals surface area (Å²) in [5, 5.41) is 1.89. The molecule has 1 fully saturated rings. The van der Waals surface area contributed by atoms with Gasteiger partial charge in [0.15, 0.2) is 0 Å². The molecule has 0 radical (unpaired) electrons. The van der Waals surface area contributed by atoms with Gasteiger partial charge in [-0.25, -0.2) is 4.39 Å². The standard InChI is InChI=1S/C13H19FN2O/c1-10(15)13(16-7-2-3-8-17-16)11-5-4-6-12(14)9-11/h4-6,9-10,13H,2-3,7-8,15H2,1H3. The number of nitrogens with two attached hydrogens (primary N) is 1. The Balaban J connectivity index is 2.21. The highest BCUT2D eigenvalue weighted by atomic mass is 19.1. The smallest absolute Gasteiger partial charge is 0.123 e. The van der Waals surface area contributed by atoms with Gasteiger partial charge in [-0.05, 0) is 37.5 Å². The van der Waals surface area contributed by atoms with Crippen LogP contribution in [0, 0.1) is 5.82 Å². The van der Waals surface area contributed by atoms with Gasteiger partial charge in [-0.1, -0.05) is 12.1 Å².